The largest absolute Gasteiger partial charge is 0.457 e. The van der Waals surface area contributed by atoms with Crippen LogP contribution in [-0.2, 0) is 11.3 Å². The molecule has 0 saturated carbocycles. The quantitative estimate of drug-likeness (QED) is 0.667. The number of nitrogens with one attached hydrogen (secondary N) is 3. The number of carbonyl (C=O) groups excluding carboxylic acids is 1. The number of amides is 1. The van der Waals surface area contributed by atoms with Gasteiger partial charge in [-0.3, -0.25) is 4.79 Å². The zero-order valence-corrected chi connectivity index (χ0v) is 18.0. The molecule has 2 aromatic carbocycles. The molecule has 0 bridgehead atoms. The lowest BCUT2D eigenvalue weighted by molar-refractivity contribution is -0.123. The minimum absolute atomic E-state index is 0. The average molecular weight is 438 g/mol. The van der Waals surface area contributed by atoms with Crippen molar-refractivity contribution >= 4 is 30.7 Å². The number of halogens is 2. The molecule has 1 amide bonds. The second-order valence-corrected chi connectivity index (χ2v) is 7.67. The first kappa shape index (κ1) is 23.5. The molecule has 5 nitrogen and oxygen atoms in total. The van der Waals surface area contributed by atoms with E-state index in [-0.39, 0.29) is 36.8 Å². The van der Waals surface area contributed by atoms with E-state index in [0.29, 0.717) is 12.0 Å². The Kier molecular flexibility index (Phi) is 8.78. The van der Waals surface area contributed by atoms with Crippen LogP contribution in [0.25, 0.3) is 0 Å². The molecule has 0 aliphatic carbocycles. The second-order valence-electron chi connectivity index (χ2n) is 7.67. The number of hydrogen-bond donors (Lipinski definition) is 3. The highest BCUT2D eigenvalue weighted by atomic mass is 35.5. The maximum absolute atomic E-state index is 12.6. The van der Waals surface area contributed by atoms with Gasteiger partial charge >= 0.3 is 0 Å². The van der Waals surface area contributed by atoms with Gasteiger partial charge in [0.15, 0.2) is 0 Å². The average Bonchev–Trinajstić information content (AvgIpc) is 3.11. The van der Waals surface area contributed by atoms with E-state index in [1.54, 1.807) is 0 Å². The molecule has 0 aromatic heterocycles. The molecule has 1 atom stereocenters. The molecule has 3 N–H and O–H groups in total. The lowest BCUT2D eigenvalue weighted by atomic mass is 9.77. The van der Waals surface area contributed by atoms with Gasteiger partial charge in [0.25, 0.3) is 0 Å². The number of hydrogen-bond acceptors (Lipinski definition) is 4. The van der Waals surface area contributed by atoms with E-state index in [0.717, 1.165) is 56.0 Å². The van der Waals surface area contributed by atoms with Gasteiger partial charge in [-0.2, -0.15) is 0 Å². The summed E-state index contributed by atoms with van der Waals surface area (Å²) in [7, 11) is 0. The van der Waals surface area contributed by atoms with E-state index in [2.05, 4.69) is 16.0 Å². The van der Waals surface area contributed by atoms with Gasteiger partial charge in [0, 0.05) is 13.1 Å². The fraction of sp³-hybridized carbons (Fsp3) is 0.409. The summed E-state index contributed by atoms with van der Waals surface area (Å²) in [5.41, 5.74) is 1.34. The van der Waals surface area contributed by atoms with Crippen LogP contribution >= 0.6 is 24.8 Å². The van der Waals surface area contributed by atoms with E-state index < -0.39 is 0 Å². The zero-order valence-electron chi connectivity index (χ0n) is 16.4. The van der Waals surface area contributed by atoms with Crippen LogP contribution in [0.15, 0.2) is 54.6 Å². The van der Waals surface area contributed by atoms with Crippen molar-refractivity contribution in [2.24, 2.45) is 5.41 Å². The van der Waals surface area contributed by atoms with Gasteiger partial charge in [-0.15, -0.1) is 24.8 Å². The van der Waals surface area contributed by atoms with Crippen molar-refractivity contribution in [1.82, 2.24) is 16.0 Å². The monoisotopic (exact) mass is 437 g/mol. The molecule has 29 heavy (non-hydrogen) atoms. The van der Waals surface area contributed by atoms with Crippen LogP contribution < -0.4 is 20.7 Å². The number of rotatable bonds is 5. The van der Waals surface area contributed by atoms with Gasteiger partial charge in [0.2, 0.25) is 5.91 Å². The minimum atomic E-state index is -0.0770. The molecule has 2 saturated heterocycles. The molecule has 7 heteroatoms. The van der Waals surface area contributed by atoms with Crippen molar-refractivity contribution in [3.8, 4) is 11.5 Å². The fourth-order valence-electron chi connectivity index (χ4n) is 4.10. The molecule has 2 aromatic rings. The lowest BCUT2D eigenvalue weighted by Crippen LogP contribution is -2.40. The summed E-state index contributed by atoms with van der Waals surface area (Å²) in [5, 5.41) is 9.92. The summed E-state index contributed by atoms with van der Waals surface area (Å²) >= 11 is 0. The normalized spacial score (nSPS) is 19.7. The third-order valence-corrected chi connectivity index (χ3v) is 5.69. The Hall–Kier alpha value is -1.79. The molecular weight excluding hydrogens is 409 g/mol. The molecule has 2 fully saturated rings. The Morgan fingerprint density at radius 3 is 2.52 bits per heavy atom. The molecule has 1 unspecified atom stereocenters. The number of piperidine rings is 1. The molecular formula is C22H29Cl2N3O2. The maximum Gasteiger partial charge on any atom is 0.237 e. The molecule has 4 rings (SSSR count). The van der Waals surface area contributed by atoms with Crippen LogP contribution in [-0.4, -0.2) is 31.6 Å². The van der Waals surface area contributed by atoms with Crippen molar-refractivity contribution in [1.29, 1.82) is 0 Å². The highest BCUT2D eigenvalue weighted by Gasteiger charge is 2.41. The first-order valence-electron chi connectivity index (χ1n) is 9.76. The number of benzene rings is 2. The van der Waals surface area contributed by atoms with E-state index in [1.807, 2.05) is 54.6 Å². The van der Waals surface area contributed by atoms with E-state index in [9.17, 15) is 4.79 Å². The Balaban J connectivity index is 0.00000150. The third kappa shape index (κ3) is 6.09. The Morgan fingerprint density at radius 1 is 1.03 bits per heavy atom. The van der Waals surface area contributed by atoms with Crippen LogP contribution in [0.4, 0.5) is 0 Å². The summed E-state index contributed by atoms with van der Waals surface area (Å²) in [4.78, 5) is 12.6. The van der Waals surface area contributed by atoms with Crippen molar-refractivity contribution < 1.29 is 9.53 Å². The number of ether oxygens (including phenoxy) is 1. The fourth-order valence-corrected chi connectivity index (χ4v) is 4.10. The van der Waals surface area contributed by atoms with Crippen LogP contribution in [0.3, 0.4) is 0 Å². The van der Waals surface area contributed by atoms with Gasteiger partial charge in [-0.05, 0) is 67.6 Å². The first-order valence-corrected chi connectivity index (χ1v) is 9.76. The first-order chi connectivity index (χ1) is 13.2. The Labute approximate surface area is 184 Å². The molecule has 2 aliphatic rings. The van der Waals surface area contributed by atoms with Gasteiger partial charge in [-0.25, -0.2) is 0 Å². The molecule has 0 radical (unpaired) electrons. The lowest BCUT2D eigenvalue weighted by Gasteiger charge is -2.33. The van der Waals surface area contributed by atoms with Crippen LogP contribution in [0.1, 0.15) is 24.8 Å². The van der Waals surface area contributed by atoms with E-state index >= 15 is 0 Å². The highest BCUT2D eigenvalue weighted by molar-refractivity contribution is 5.85. The van der Waals surface area contributed by atoms with Crippen LogP contribution in [0.2, 0.25) is 0 Å². The highest BCUT2D eigenvalue weighted by Crippen LogP contribution is 2.37. The SMILES string of the molecule is Cl.Cl.O=C(NCc1cccc(Oc2ccccc2)c1)C1CC2(CCNCC2)CN1. The molecule has 1 spiro atoms. The topological polar surface area (TPSA) is 62.4 Å². The Bertz CT molecular complexity index is 783. The van der Waals surface area contributed by atoms with Crippen molar-refractivity contribution in [3.05, 3.63) is 60.2 Å². The summed E-state index contributed by atoms with van der Waals surface area (Å²) in [6.07, 6.45) is 3.25. The number of para-hydroxylation sites is 1. The molecule has 2 aliphatic heterocycles. The zero-order chi connectivity index (χ0) is 18.5. The third-order valence-electron chi connectivity index (χ3n) is 5.69. The predicted molar refractivity (Wildman–Crippen MR) is 120 cm³/mol. The second kappa shape index (κ2) is 10.8. The van der Waals surface area contributed by atoms with Crippen molar-refractivity contribution in [2.75, 3.05) is 19.6 Å². The predicted octanol–water partition coefficient (Wildman–Crippen LogP) is 3.67. The number of carbonyl (C=O) groups is 1. The van der Waals surface area contributed by atoms with Crippen LogP contribution in [0, 0.1) is 5.41 Å². The van der Waals surface area contributed by atoms with Crippen molar-refractivity contribution in [3.63, 3.8) is 0 Å². The summed E-state index contributed by atoms with van der Waals surface area (Å²) in [6, 6.07) is 17.5. The molecule has 2 heterocycles. The summed E-state index contributed by atoms with van der Waals surface area (Å²) in [5.74, 6) is 1.68. The smallest absolute Gasteiger partial charge is 0.237 e. The van der Waals surface area contributed by atoms with Gasteiger partial charge in [-0.1, -0.05) is 30.3 Å². The summed E-state index contributed by atoms with van der Waals surface area (Å²) in [6.45, 7) is 3.58. The van der Waals surface area contributed by atoms with Gasteiger partial charge in [0.1, 0.15) is 11.5 Å². The minimum Gasteiger partial charge on any atom is -0.457 e. The summed E-state index contributed by atoms with van der Waals surface area (Å²) < 4.78 is 5.87. The maximum atomic E-state index is 12.6. The molecule has 158 valence electrons. The standard InChI is InChI=1S/C22H27N3O2.2ClH/c26-21(20-14-22(16-25-20)9-11-23-12-10-22)24-15-17-5-4-8-19(13-17)27-18-6-2-1-3-7-18;;/h1-8,13,20,23,25H,9-12,14-16H2,(H,24,26);2*1H. The van der Waals surface area contributed by atoms with Gasteiger partial charge in [0.05, 0.1) is 6.04 Å². The van der Waals surface area contributed by atoms with Crippen LogP contribution in [0.5, 0.6) is 11.5 Å². The van der Waals surface area contributed by atoms with Crippen molar-refractivity contribution in [2.45, 2.75) is 31.8 Å². The van der Waals surface area contributed by atoms with E-state index in [1.165, 1.54) is 0 Å². The Morgan fingerprint density at radius 2 is 1.76 bits per heavy atom. The van der Waals surface area contributed by atoms with Gasteiger partial charge < -0.3 is 20.7 Å². The van der Waals surface area contributed by atoms with E-state index in [4.69, 9.17) is 4.74 Å².